The van der Waals surface area contributed by atoms with Crippen LogP contribution < -0.4 is 10.5 Å². The molecule has 3 aromatic carbocycles. The molecule has 0 fully saturated rings. The van der Waals surface area contributed by atoms with E-state index in [4.69, 9.17) is 9.40 Å². The van der Waals surface area contributed by atoms with Gasteiger partial charge in [0.1, 0.15) is 21.9 Å². The first kappa shape index (κ1) is 21.7. The van der Waals surface area contributed by atoms with Crippen LogP contribution in [0.3, 0.4) is 0 Å². The highest BCUT2D eigenvalue weighted by molar-refractivity contribution is 8.03. The summed E-state index contributed by atoms with van der Waals surface area (Å²) in [6, 6.07) is 23.1. The Bertz CT molecular complexity index is 1680. The van der Waals surface area contributed by atoms with Gasteiger partial charge in [-0.25, -0.2) is 9.78 Å². The highest BCUT2D eigenvalue weighted by atomic mass is 32.2. The molecule has 0 saturated carbocycles. The molecule has 1 N–H and O–H groups in total. The number of rotatable bonds is 4. The van der Waals surface area contributed by atoms with Gasteiger partial charge < -0.3 is 14.4 Å². The summed E-state index contributed by atoms with van der Waals surface area (Å²) < 4.78 is 6.66. The van der Waals surface area contributed by atoms with Crippen LogP contribution in [0.25, 0.3) is 32.8 Å². The SMILES string of the molecule is CCN1C(=CC(=Cc2nc3ccccc3s2)c2c(O)c3ccccc3oc2=O)Sc2ccccc21. The number of para-hydroxylation sites is 3. The summed E-state index contributed by atoms with van der Waals surface area (Å²) in [5, 5.41) is 13.4. The zero-order valence-corrected chi connectivity index (χ0v) is 20.4. The first-order valence-electron chi connectivity index (χ1n) is 11.2. The number of benzene rings is 3. The number of hydrogen-bond donors (Lipinski definition) is 1. The molecule has 0 unspecified atom stereocenters. The minimum Gasteiger partial charge on any atom is -0.506 e. The topological polar surface area (TPSA) is 66.6 Å². The van der Waals surface area contributed by atoms with Gasteiger partial charge in [0.25, 0.3) is 0 Å². The molecule has 172 valence electrons. The van der Waals surface area contributed by atoms with Crippen molar-refractivity contribution in [1.82, 2.24) is 4.98 Å². The highest BCUT2D eigenvalue weighted by Gasteiger charge is 2.25. The van der Waals surface area contributed by atoms with E-state index < -0.39 is 5.63 Å². The van der Waals surface area contributed by atoms with E-state index in [-0.39, 0.29) is 11.3 Å². The van der Waals surface area contributed by atoms with E-state index in [0.29, 0.717) is 16.5 Å². The molecule has 5 aromatic rings. The van der Waals surface area contributed by atoms with E-state index >= 15 is 0 Å². The van der Waals surface area contributed by atoms with Crippen molar-refractivity contribution >= 4 is 61.6 Å². The largest absolute Gasteiger partial charge is 0.506 e. The Hall–Kier alpha value is -3.81. The number of aromatic hydroxyl groups is 1. The van der Waals surface area contributed by atoms with Gasteiger partial charge >= 0.3 is 5.63 Å². The van der Waals surface area contributed by atoms with Crippen molar-refractivity contribution in [3.05, 3.63) is 105 Å². The van der Waals surface area contributed by atoms with Gasteiger partial charge in [0.15, 0.2) is 0 Å². The fourth-order valence-corrected chi connectivity index (χ4v) is 6.38. The van der Waals surface area contributed by atoms with Gasteiger partial charge in [0.2, 0.25) is 0 Å². The van der Waals surface area contributed by atoms with Gasteiger partial charge in [-0.15, -0.1) is 11.3 Å². The van der Waals surface area contributed by atoms with Crippen molar-refractivity contribution in [2.45, 2.75) is 11.8 Å². The molecule has 5 nitrogen and oxygen atoms in total. The zero-order valence-electron chi connectivity index (χ0n) is 18.8. The number of aromatic nitrogens is 1. The van der Waals surface area contributed by atoms with E-state index in [1.165, 1.54) is 11.3 Å². The summed E-state index contributed by atoms with van der Waals surface area (Å²) in [5.74, 6) is -0.0929. The van der Waals surface area contributed by atoms with E-state index in [9.17, 15) is 9.90 Å². The molecule has 0 bridgehead atoms. The standard InChI is InChI=1S/C28H20N2O3S2/c1-2-30-20-11-5-8-14-23(20)35-25(30)16-17(15-24-29-19-10-4-7-13-22(19)34-24)26-27(31)18-9-3-6-12-21(18)33-28(26)32/h3-16,31H,2H2,1H3. The fraction of sp³-hybridized carbons (Fsp3) is 0.0714. The molecule has 6 rings (SSSR count). The third-order valence-electron chi connectivity index (χ3n) is 5.90. The smallest absolute Gasteiger partial charge is 0.347 e. The van der Waals surface area contributed by atoms with Crippen molar-refractivity contribution in [3.63, 3.8) is 0 Å². The van der Waals surface area contributed by atoms with Crippen molar-refractivity contribution in [3.8, 4) is 5.75 Å². The average Bonchev–Trinajstić information content (AvgIpc) is 3.43. The first-order chi connectivity index (χ1) is 17.1. The second-order valence-electron chi connectivity index (χ2n) is 8.03. The minimum atomic E-state index is -0.589. The lowest BCUT2D eigenvalue weighted by molar-refractivity contribution is 0.465. The number of thioether (sulfide) groups is 1. The monoisotopic (exact) mass is 496 g/mol. The van der Waals surface area contributed by atoms with Crippen molar-refractivity contribution in [2.24, 2.45) is 0 Å². The number of anilines is 1. The molecule has 3 heterocycles. The van der Waals surface area contributed by atoms with Crippen LogP contribution in [0.15, 0.2) is 98.0 Å². The number of nitrogens with zero attached hydrogens (tertiary/aromatic N) is 2. The molecule has 7 heteroatoms. The van der Waals surface area contributed by atoms with Crippen molar-refractivity contribution < 1.29 is 9.52 Å². The number of thiazole rings is 1. The normalized spacial score (nSPS) is 14.8. The summed E-state index contributed by atoms with van der Waals surface area (Å²) >= 11 is 3.17. The second kappa shape index (κ2) is 8.76. The third-order valence-corrected chi connectivity index (χ3v) is 7.99. The lowest BCUT2D eigenvalue weighted by Crippen LogP contribution is -2.17. The molecular formula is C28H20N2O3S2. The number of fused-ring (bicyclic) bond motifs is 3. The lowest BCUT2D eigenvalue weighted by atomic mass is 10.0. The molecule has 1 aliphatic heterocycles. The molecule has 0 radical (unpaired) electrons. The highest BCUT2D eigenvalue weighted by Crippen LogP contribution is 2.47. The second-order valence-corrected chi connectivity index (χ2v) is 10.1. The fourth-order valence-electron chi connectivity index (χ4n) is 4.28. The van der Waals surface area contributed by atoms with Crippen LogP contribution in [-0.2, 0) is 0 Å². The summed E-state index contributed by atoms with van der Waals surface area (Å²) in [5.41, 5.74) is 2.46. The quantitative estimate of drug-likeness (QED) is 0.267. The Labute approximate surface area is 209 Å². The zero-order chi connectivity index (χ0) is 23.9. The maximum Gasteiger partial charge on any atom is 0.347 e. The van der Waals surface area contributed by atoms with Crippen LogP contribution in [0.4, 0.5) is 5.69 Å². The summed E-state index contributed by atoms with van der Waals surface area (Å²) in [6.07, 6.45) is 3.80. The molecule has 1 aliphatic rings. The maximum absolute atomic E-state index is 13.2. The molecule has 2 aromatic heterocycles. The predicted octanol–water partition coefficient (Wildman–Crippen LogP) is 7.12. The first-order valence-corrected chi connectivity index (χ1v) is 12.8. The Morgan fingerprint density at radius 3 is 2.69 bits per heavy atom. The van der Waals surface area contributed by atoms with Crippen LogP contribution in [0, 0.1) is 0 Å². The van der Waals surface area contributed by atoms with Crippen LogP contribution in [-0.4, -0.2) is 16.6 Å². The van der Waals surface area contributed by atoms with Gasteiger partial charge in [-0.05, 0) is 61.0 Å². The van der Waals surface area contributed by atoms with Gasteiger partial charge in [-0.2, -0.15) is 0 Å². The molecule has 0 spiro atoms. The van der Waals surface area contributed by atoms with Crippen LogP contribution in [0.5, 0.6) is 5.75 Å². The minimum absolute atomic E-state index is 0.0929. The molecule has 0 atom stereocenters. The van der Waals surface area contributed by atoms with Crippen LogP contribution in [0.1, 0.15) is 17.5 Å². The van der Waals surface area contributed by atoms with Crippen LogP contribution in [0.2, 0.25) is 0 Å². The summed E-state index contributed by atoms with van der Waals surface area (Å²) in [6.45, 7) is 2.86. The lowest BCUT2D eigenvalue weighted by Gasteiger charge is -2.18. The summed E-state index contributed by atoms with van der Waals surface area (Å²) in [4.78, 5) is 21.2. The van der Waals surface area contributed by atoms with E-state index in [1.54, 1.807) is 30.0 Å². The Kier molecular flexibility index (Phi) is 5.43. The Morgan fingerprint density at radius 1 is 1.06 bits per heavy atom. The van der Waals surface area contributed by atoms with Crippen molar-refractivity contribution in [1.29, 1.82) is 0 Å². The number of allylic oxidation sites excluding steroid dienone is 2. The maximum atomic E-state index is 13.2. The van der Waals surface area contributed by atoms with Gasteiger partial charge in [0, 0.05) is 11.4 Å². The van der Waals surface area contributed by atoms with E-state index in [1.807, 2.05) is 54.6 Å². The van der Waals surface area contributed by atoms with Gasteiger partial charge in [0.05, 0.1) is 26.3 Å². The van der Waals surface area contributed by atoms with Crippen molar-refractivity contribution in [2.75, 3.05) is 11.4 Å². The van der Waals surface area contributed by atoms with Gasteiger partial charge in [-0.3, -0.25) is 0 Å². The molecule has 0 aliphatic carbocycles. The van der Waals surface area contributed by atoms with Gasteiger partial charge in [-0.1, -0.05) is 48.2 Å². The molecule has 0 saturated heterocycles. The third kappa shape index (κ3) is 3.83. The molecular weight excluding hydrogens is 476 g/mol. The molecule has 0 amide bonds. The molecule has 35 heavy (non-hydrogen) atoms. The Morgan fingerprint density at radius 2 is 1.83 bits per heavy atom. The number of hydrogen-bond acceptors (Lipinski definition) is 7. The predicted molar refractivity (Wildman–Crippen MR) is 145 cm³/mol. The summed E-state index contributed by atoms with van der Waals surface area (Å²) in [7, 11) is 0. The average molecular weight is 497 g/mol. The Balaban J connectivity index is 1.58. The van der Waals surface area contributed by atoms with E-state index in [0.717, 1.165) is 37.4 Å². The van der Waals surface area contributed by atoms with E-state index in [2.05, 4.69) is 24.0 Å². The van der Waals surface area contributed by atoms with Crippen LogP contribution >= 0.6 is 23.1 Å².